The van der Waals surface area contributed by atoms with Crippen LogP contribution in [0.1, 0.15) is 32.3 Å². The Morgan fingerprint density at radius 1 is 1.33 bits per heavy atom. The highest BCUT2D eigenvalue weighted by molar-refractivity contribution is 5.82. The van der Waals surface area contributed by atoms with Crippen molar-refractivity contribution in [2.45, 2.75) is 45.2 Å². The molecule has 1 aromatic rings. The van der Waals surface area contributed by atoms with Gasteiger partial charge in [0.1, 0.15) is 0 Å². The molecule has 1 aromatic carbocycles. The van der Waals surface area contributed by atoms with Crippen LogP contribution < -0.4 is 5.73 Å². The second-order valence-corrected chi connectivity index (χ2v) is 5.41. The highest BCUT2D eigenvalue weighted by atomic mass is 16.5. The minimum Gasteiger partial charge on any atom is -0.383 e. The molecule has 0 bridgehead atoms. The number of methoxy groups -OCH3 is 1. The maximum absolute atomic E-state index is 12.5. The molecule has 2 atom stereocenters. The van der Waals surface area contributed by atoms with Crippen LogP contribution in [-0.2, 0) is 16.0 Å². The van der Waals surface area contributed by atoms with Crippen molar-refractivity contribution in [1.82, 2.24) is 4.90 Å². The number of amides is 1. The number of ether oxygens (including phenoxy) is 1. The lowest BCUT2D eigenvalue weighted by Crippen LogP contribution is -2.49. The van der Waals surface area contributed by atoms with Crippen molar-refractivity contribution in [2.75, 3.05) is 20.3 Å². The summed E-state index contributed by atoms with van der Waals surface area (Å²) in [6.45, 7) is 5.27. The van der Waals surface area contributed by atoms with E-state index in [0.717, 1.165) is 12.8 Å². The lowest BCUT2D eigenvalue weighted by Gasteiger charge is -2.30. The lowest BCUT2D eigenvalue weighted by atomic mass is 10.0. The van der Waals surface area contributed by atoms with E-state index in [0.29, 0.717) is 19.6 Å². The molecule has 1 rings (SSSR count). The summed E-state index contributed by atoms with van der Waals surface area (Å²) >= 11 is 0. The van der Waals surface area contributed by atoms with E-state index in [1.807, 2.05) is 23.1 Å². The molecule has 1 amide bonds. The summed E-state index contributed by atoms with van der Waals surface area (Å²) in [6.07, 6.45) is 2.41. The van der Waals surface area contributed by atoms with Gasteiger partial charge in [0.25, 0.3) is 0 Å². The van der Waals surface area contributed by atoms with Crippen LogP contribution in [-0.4, -0.2) is 43.2 Å². The van der Waals surface area contributed by atoms with Gasteiger partial charge in [0.05, 0.1) is 12.6 Å². The van der Waals surface area contributed by atoms with Crippen molar-refractivity contribution in [1.29, 1.82) is 0 Å². The Hall–Kier alpha value is -1.39. The van der Waals surface area contributed by atoms with E-state index in [2.05, 4.69) is 26.0 Å². The molecule has 118 valence electrons. The van der Waals surface area contributed by atoms with Gasteiger partial charge in [-0.05, 0) is 31.7 Å². The van der Waals surface area contributed by atoms with Gasteiger partial charge in [-0.15, -0.1) is 0 Å². The lowest BCUT2D eigenvalue weighted by molar-refractivity contribution is -0.135. The normalized spacial score (nSPS) is 13.7. The molecule has 0 fully saturated rings. The van der Waals surface area contributed by atoms with Gasteiger partial charge in [-0.2, -0.15) is 0 Å². The molecule has 0 heterocycles. The first kappa shape index (κ1) is 17.7. The van der Waals surface area contributed by atoms with Crippen molar-refractivity contribution >= 4 is 5.91 Å². The maximum atomic E-state index is 12.5. The fourth-order valence-corrected chi connectivity index (χ4v) is 2.26. The Morgan fingerprint density at radius 3 is 2.57 bits per heavy atom. The number of hydrogen-bond acceptors (Lipinski definition) is 3. The summed E-state index contributed by atoms with van der Waals surface area (Å²) in [4.78, 5) is 14.4. The number of aryl methyl sites for hydroxylation is 1. The molecule has 0 aliphatic carbocycles. The third-order valence-electron chi connectivity index (χ3n) is 3.85. The first-order chi connectivity index (χ1) is 10.1. The fourth-order valence-electron chi connectivity index (χ4n) is 2.26. The quantitative estimate of drug-likeness (QED) is 0.759. The molecule has 0 saturated heterocycles. The van der Waals surface area contributed by atoms with Gasteiger partial charge in [0.2, 0.25) is 5.91 Å². The molecule has 2 N–H and O–H groups in total. The fraction of sp³-hybridized carbons (Fsp3) is 0.588. The zero-order chi connectivity index (χ0) is 15.7. The van der Waals surface area contributed by atoms with Gasteiger partial charge in [0, 0.05) is 19.7 Å². The zero-order valence-electron chi connectivity index (χ0n) is 13.4. The highest BCUT2D eigenvalue weighted by Crippen LogP contribution is 2.10. The van der Waals surface area contributed by atoms with E-state index in [9.17, 15) is 4.79 Å². The Balaban J connectivity index is 2.56. The molecule has 0 aliphatic heterocycles. The molecule has 0 radical (unpaired) electrons. The number of nitrogens with zero attached hydrogens (tertiary/aromatic N) is 1. The molecule has 0 aromatic heterocycles. The van der Waals surface area contributed by atoms with Gasteiger partial charge < -0.3 is 15.4 Å². The van der Waals surface area contributed by atoms with Gasteiger partial charge in [-0.1, -0.05) is 37.3 Å². The second-order valence-electron chi connectivity index (χ2n) is 5.41. The molecule has 4 nitrogen and oxygen atoms in total. The first-order valence-corrected chi connectivity index (χ1v) is 7.69. The van der Waals surface area contributed by atoms with Crippen molar-refractivity contribution in [3.63, 3.8) is 0 Å². The van der Waals surface area contributed by atoms with Crippen LogP contribution in [0, 0.1) is 0 Å². The summed E-state index contributed by atoms with van der Waals surface area (Å²) in [7, 11) is 1.65. The SMILES string of the molecule is CCC(C)N(CCOC)C(=O)C(N)CCc1ccccc1. The number of nitrogens with two attached hydrogens (primary N) is 1. The molecular formula is C17H28N2O2. The largest absolute Gasteiger partial charge is 0.383 e. The molecule has 21 heavy (non-hydrogen) atoms. The predicted molar refractivity (Wildman–Crippen MR) is 86.1 cm³/mol. The van der Waals surface area contributed by atoms with Crippen LogP contribution in [0.25, 0.3) is 0 Å². The summed E-state index contributed by atoms with van der Waals surface area (Å²) in [5, 5.41) is 0. The number of hydrogen-bond donors (Lipinski definition) is 1. The van der Waals surface area contributed by atoms with E-state index in [1.54, 1.807) is 7.11 Å². The molecule has 4 heteroatoms. The number of carbonyl (C=O) groups excluding carboxylic acids is 1. The molecule has 0 aliphatic rings. The van der Waals surface area contributed by atoms with Gasteiger partial charge in [-0.3, -0.25) is 4.79 Å². The molecule has 2 unspecified atom stereocenters. The Morgan fingerprint density at radius 2 is 2.00 bits per heavy atom. The Bertz CT molecular complexity index is 409. The molecule has 0 spiro atoms. The van der Waals surface area contributed by atoms with Crippen molar-refractivity contribution in [3.05, 3.63) is 35.9 Å². The third-order valence-corrected chi connectivity index (χ3v) is 3.85. The monoisotopic (exact) mass is 292 g/mol. The summed E-state index contributed by atoms with van der Waals surface area (Å²) in [5.74, 6) is 0.0253. The van der Waals surface area contributed by atoms with Crippen molar-refractivity contribution < 1.29 is 9.53 Å². The Kier molecular flexibility index (Phi) is 8.01. The van der Waals surface area contributed by atoms with E-state index in [1.165, 1.54) is 5.56 Å². The van der Waals surface area contributed by atoms with E-state index in [4.69, 9.17) is 10.5 Å². The van der Waals surface area contributed by atoms with Crippen molar-refractivity contribution in [2.24, 2.45) is 5.73 Å². The standard InChI is InChI=1S/C17H28N2O2/c1-4-14(2)19(12-13-21-3)17(20)16(18)11-10-15-8-6-5-7-9-15/h5-9,14,16H,4,10-13,18H2,1-3H3. The number of rotatable bonds is 9. The molecule has 0 saturated carbocycles. The smallest absolute Gasteiger partial charge is 0.239 e. The van der Waals surface area contributed by atoms with E-state index in [-0.39, 0.29) is 11.9 Å². The third kappa shape index (κ3) is 5.86. The summed E-state index contributed by atoms with van der Waals surface area (Å²) in [6, 6.07) is 9.87. The van der Waals surface area contributed by atoms with E-state index < -0.39 is 6.04 Å². The average molecular weight is 292 g/mol. The average Bonchev–Trinajstić information content (AvgIpc) is 2.53. The summed E-state index contributed by atoms with van der Waals surface area (Å²) < 4.78 is 5.09. The predicted octanol–water partition coefficient (Wildman–Crippen LogP) is 2.22. The summed E-state index contributed by atoms with van der Waals surface area (Å²) in [5.41, 5.74) is 7.31. The van der Waals surface area contributed by atoms with Gasteiger partial charge in [0.15, 0.2) is 0 Å². The first-order valence-electron chi connectivity index (χ1n) is 7.69. The van der Waals surface area contributed by atoms with Crippen molar-refractivity contribution in [3.8, 4) is 0 Å². The van der Waals surface area contributed by atoms with Crippen LogP contribution in [0.5, 0.6) is 0 Å². The van der Waals surface area contributed by atoms with Crippen LogP contribution in [0.4, 0.5) is 0 Å². The van der Waals surface area contributed by atoms with E-state index >= 15 is 0 Å². The number of carbonyl (C=O) groups is 1. The zero-order valence-corrected chi connectivity index (χ0v) is 13.4. The van der Waals surface area contributed by atoms with Crippen LogP contribution in [0.15, 0.2) is 30.3 Å². The van der Waals surface area contributed by atoms with Crippen LogP contribution in [0.3, 0.4) is 0 Å². The minimum absolute atomic E-state index is 0.0253. The molecular weight excluding hydrogens is 264 g/mol. The highest BCUT2D eigenvalue weighted by Gasteiger charge is 2.23. The van der Waals surface area contributed by atoms with Gasteiger partial charge in [-0.25, -0.2) is 0 Å². The van der Waals surface area contributed by atoms with Gasteiger partial charge >= 0.3 is 0 Å². The topological polar surface area (TPSA) is 55.6 Å². The minimum atomic E-state index is -0.448. The number of benzene rings is 1. The second kappa shape index (κ2) is 9.53. The van der Waals surface area contributed by atoms with Crippen LogP contribution in [0.2, 0.25) is 0 Å². The maximum Gasteiger partial charge on any atom is 0.239 e. The Labute approximate surface area is 128 Å². The van der Waals surface area contributed by atoms with Crippen LogP contribution >= 0.6 is 0 Å².